The highest BCUT2D eigenvalue weighted by Crippen LogP contribution is 1.88. The van der Waals surface area contributed by atoms with Crippen molar-refractivity contribution in [2.24, 2.45) is 0 Å². The van der Waals surface area contributed by atoms with Gasteiger partial charge < -0.3 is 10.2 Å². The van der Waals surface area contributed by atoms with Gasteiger partial charge in [-0.1, -0.05) is 25.7 Å². The maximum absolute atomic E-state index is 4.93. The number of thiocarbonyl (C=S) groups is 1. The van der Waals surface area contributed by atoms with Gasteiger partial charge in [-0.15, -0.1) is 0 Å². The molecule has 0 aromatic carbocycles. The lowest BCUT2D eigenvalue weighted by Crippen LogP contribution is -2.22. The van der Waals surface area contributed by atoms with Gasteiger partial charge in [0.2, 0.25) is 0 Å². The van der Waals surface area contributed by atoms with E-state index in [4.69, 9.17) is 12.2 Å². The molecule has 0 atom stereocenters. The molecule has 0 saturated heterocycles. The smallest absolute Gasteiger partial charge is 0.101 e. The molecule has 0 fully saturated rings. The lowest BCUT2D eigenvalue weighted by atomic mass is 10.3. The highest BCUT2D eigenvalue weighted by atomic mass is 32.1. The zero-order valence-corrected chi connectivity index (χ0v) is 10.3. The molecule has 13 heavy (non-hydrogen) atoms. The van der Waals surface area contributed by atoms with E-state index in [1.165, 1.54) is 0 Å². The fourth-order valence-electron chi connectivity index (χ4n) is 0.389. The second kappa shape index (κ2) is 9.68. The predicted molar refractivity (Wildman–Crippen MR) is 65.3 cm³/mol. The second-order valence-corrected chi connectivity index (χ2v) is 3.79. The van der Waals surface area contributed by atoms with Crippen LogP contribution in [-0.4, -0.2) is 37.6 Å². The highest BCUT2D eigenvalue weighted by molar-refractivity contribution is 7.80. The minimum absolute atomic E-state index is 0.789. The van der Waals surface area contributed by atoms with Crippen LogP contribution in [0.1, 0.15) is 20.3 Å². The number of nitrogens with zero attached hydrogens (tertiary/aromatic N) is 1. The Hall–Kier alpha value is -0.410. The fraction of sp³-hybridized carbons (Fsp3) is 0.700. The number of hydrogen-bond acceptors (Lipinski definition) is 2. The van der Waals surface area contributed by atoms with Gasteiger partial charge in [0, 0.05) is 6.54 Å². The lowest BCUT2D eigenvalue weighted by Gasteiger charge is -2.03. The average Bonchev–Trinajstić information content (AvgIpc) is 1.98. The monoisotopic (exact) mass is 202 g/mol. The van der Waals surface area contributed by atoms with Crippen molar-refractivity contribution < 1.29 is 0 Å². The Morgan fingerprint density at radius 1 is 1.38 bits per heavy atom. The van der Waals surface area contributed by atoms with Crippen molar-refractivity contribution in [2.45, 2.75) is 20.3 Å². The Kier molecular flexibility index (Phi) is 11.2. The Labute approximate surface area is 88.0 Å². The minimum Gasteiger partial charge on any atom is -0.376 e. The summed E-state index contributed by atoms with van der Waals surface area (Å²) >= 11 is 4.93. The molecule has 3 heteroatoms. The molecule has 78 valence electrons. The van der Waals surface area contributed by atoms with Gasteiger partial charge in [0.15, 0.2) is 0 Å². The van der Waals surface area contributed by atoms with E-state index < -0.39 is 0 Å². The zero-order chi connectivity index (χ0) is 10.9. The number of nitrogens with one attached hydrogen (secondary N) is 1. The van der Waals surface area contributed by atoms with Crippen LogP contribution in [0.2, 0.25) is 0 Å². The molecule has 0 aromatic heterocycles. The molecule has 2 nitrogen and oxygen atoms in total. The summed E-state index contributed by atoms with van der Waals surface area (Å²) in [5.74, 6) is 0. The van der Waals surface area contributed by atoms with Gasteiger partial charge in [0.05, 0.1) is 0 Å². The van der Waals surface area contributed by atoms with Crippen LogP contribution in [-0.2, 0) is 0 Å². The van der Waals surface area contributed by atoms with E-state index >= 15 is 0 Å². The minimum atomic E-state index is 0.789. The van der Waals surface area contributed by atoms with Gasteiger partial charge >= 0.3 is 0 Å². The van der Waals surface area contributed by atoms with Crippen LogP contribution < -0.4 is 5.32 Å². The van der Waals surface area contributed by atoms with Crippen LogP contribution in [0.3, 0.4) is 0 Å². The lowest BCUT2D eigenvalue weighted by molar-refractivity contribution is 0.505. The van der Waals surface area contributed by atoms with Crippen LogP contribution in [0.4, 0.5) is 0 Å². The van der Waals surface area contributed by atoms with Crippen molar-refractivity contribution in [1.82, 2.24) is 10.2 Å². The van der Waals surface area contributed by atoms with E-state index in [2.05, 4.69) is 18.8 Å². The van der Waals surface area contributed by atoms with Gasteiger partial charge in [-0.05, 0) is 40.1 Å². The summed E-state index contributed by atoms with van der Waals surface area (Å²) in [4.78, 5) is 2.79. The van der Waals surface area contributed by atoms with E-state index in [0.717, 1.165) is 23.5 Å². The standard InChI is InChI=1S/C7H13NS.C3H9N/c1-4-5-8-7(9)6(2)3;1-4(2)3/h2,4-5H2,1,3H3,(H,8,9);1-3H3. The summed E-state index contributed by atoms with van der Waals surface area (Å²) in [6.07, 6.45) is 1.10. The largest absolute Gasteiger partial charge is 0.376 e. The van der Waals surface area contributed by atoms with Gasteiger partial charge in [-0.25, -0.2) is 0 Å². The summed E-state index contributed by atoms with van der Waals surface area (Å²) in [5, 5.41) is 3.06. The Morgan fingerprint density at radius 2 is 1.77 bits per heavy atom. The molecule has 0 aliphatic heterocycles. The topological polar surface area (TPSA) is 15.3 Å². The SMILES string of the molecule is C=C(C)C(=S)NCCC.CN(C)C. The maximum Gasteiger partial charge on any atom is 0.101 e. The molecule has 1 N–H and O–H groups in total. The van der Waals surface area contributed by atoms with E-state index in [-0.39, 0.29) is 0 Å². The van der Waals surface area contributed by atoms with Crippen molar-refractivity contribution in [3.8, 4) is 0 Å². The number of hydrogen-bond donors (Lipinski definition) is 1. The van der Waals surface area contributed by atoms with Crippen molar-refractivity contribution in [1.29, 1.82) is 0 Å². The first-order chi connectivity index (χ1) is 5.91. The van der Waals surface area contributed by atoms with E-state index in [1.54, 1.807) is 0 Å². The Bertz CT molecular complexity index is 150. The van der Waals surface area contributed by atoms with Crippen molar-refractivity contribution in [3.05, 3.63) is 12.2 Å². The Morgan fingerprint density at radius 3 is 2.00 bits per heavy atom. The molecular formula is C10H22N2S. The molecule has 0 aliphatic carbocycles. The summed E-state index contributed by atoms with van der Waals surface area (Å²) in [6, 6.07) is 0. The fourth-order valence-corrected chi connectivity index (χ4v) is 0.491. The van der Waals surface area contributed by atoms with Gasteiger partial charge in [-0.2, -0.15) is 0 Å². The molecule has 0 bridgehead atoms. The summed E-state index contributed by atoms with van der Waals surface area (Å²) in [7, 11) is 6.00. The van der Waals surface area contributed by atoms with Gasteiger partial charge in [0.25, 0.3) is 0 Å². The first-order valence-electron chi connectivity index (χ1n) is 4.46. The van der Waals surface area contributed by atoms with Crippen LogP contribution in [0.25, 0.3) is 0 Å². The van der Waals surface area contributed by atoms with Gasteiger partial charge in [0.1, 0.15) is 4.99 Å². The predicted octanol–water partition coefficient (Wildman–Crippen LogP) is 2.07. The molecule has 0 rings (SSSR count). The quantitative estimate of drug-likeness (QED) is 0.557. The molecule has 0 aromatic rings. The third-order valence-corrected chi connectivity index (χ3v) is 1.42. The van der Waals surface area contributed by atoms with E-state index in [0.29, 0.717) is 0 Å². The molecule has 0 unspecified atom stereocenters. The van der Waals surface area contributed by atoms with E-state index in [9.17, 15) is 0 Å². The molecule has 0 amide bonds. The van der Waals surface area contributed by atoms with Gasteiger partial charge in [-0.3, -0.25) is 0 Å². The van der Waals surface area contributed by atoms with Crippen molar-refractivity contribution in [2.75, 3.05) is 27.7 Å². The Balaban J connectivity index is 0. The molecule has 0 spiro atoms. The molecule has 0 saturated carbocycles. The zero-order valence-electron chi connectivity index (χ0n) is 9.48. The third-order valence-electron chi connectivity index (χ3n) is 0.923. The highest BCUT2D eigenvalue weighted by Gasteiger charge is 1.91. The molecule has 0 aliphatic rings. The first-order valence-corrected chi connectivity index (χ1v) is 4.87. The third kappa shape index (κ3) is 18.5. The van der Waals surface area contributed by atoms with Crippen LogP contribution >= 0.6 is 12.2 Å². The average molecular weight is 202 g/mol. The molecular weight excluding hydrogens is 180 g/mol. The molecule has 0 heterocycles. The summed E-state index contributed by atoms with van der Waals surface area (Å²) in [5.41, 5.74) is 0.943. The maximum atomic E-state index is 4.93. The molecule has 0 radical (unpaired) electrons. The van der Waals surface area contributed by atoms with Crippen LogP contribution in [0.5, 0.6) is 0 Å². The normalized spacial score (nSPS) is 8.77. The summed E-state index contributed by atoms with van der Waals surface area (Å²) < 4.78 is 0. The van der Waals surface area contributed by atoms with Crippen molar-refractivity contribution >= 4 is 17.2 Å². The van der Waals surface area contributed by atoms with Crippen molar-refractivity contribution in [3.63, 3.8) is 0 Å². The van der Waals surface area contributed by atoms with E-state index in [1.807, 2.05) is 33.0 Å². The van der Waals surface area contributed by atoms with Crippen LogP contribution in [0, 0.1) is 0 Å². The first kappa shape index (κ1) is 15.1. The second-order valence-electron chi connectivity index (χ2n) is 3.38. The summed E-state index contributed by atoms with van der Waals surface area (Å²) in [6.45, 7) is 8.67. The van der Waals surface area contributed by atoms with Crippen LogP contribution in [0.15, 0.2) is 12.2 Å². The number of rotatable bonds is 3.